The molecule has 1 amide bonds. The third kappa shape index (κ3) is 4.02. The molecule has 0 saturated carbocycles. The van der Waals surface area contributed by atoms with Gasteiger partial charge in [-0.3, -0.25) is 10.1 Å². The molecule has 0 aliphatic rings. The van der Waals surface area contributed by atoms with E-state index in [9.17, 15) is 4.79 Å². The maximum absolute atomic E-state index is 12.0. The molecule has 0 bridgehead atoms. The molecule has 6 heteroatoms. The Hall–Kier alpha value is -2.42. The van der Waals surface area contributed by atoms with Gasteiger partial charge in [-0.25, -0.2) is 0 Å². The zero-order valence-corrected chi connectivity index (χ0v) is 12.3. The third-order valence-corrected chi connectivity index (χ3v) is 3.15. The normalized spacial score (nSPS) is 9.52. The van der Waals surface area contributed by atoms with Crippen LogP contribution in [0.3, 0.4) is 0 Å². The van der Waals surface area contributed by atoms with Crippen LogP contribution in [0.15, 0.2) is 48.5 Å². The molecule has 0 aromatic heterocycles. The minimum Gasteiger partial charge on any atom is -0.332 e. The Balaban J connectivity index is 2.00. The second-order valence-corrected chi connectivity index (χ2v) is 4.89. The second kappa shape index (κ2) is 6.84. The third-order valence-electron chi connectivity index (χ3n) is 2.62. The first-order valence-electron chi connectivity index (χ1n) is 5.97. The maximum Gasteiger partial charge on any atom is 0.258 e. The van der Waals surface area contributed by atoms with Crippen molar-refractivity contribution in [1.29, 1.82) is 5.26 Å². The fourth-order valence-corrected chi connectivity index (χ4v) is 2.04. The van der Waals surface area contributed by atoms with E-state index in [2.05, 4.69) is 10.6 Å². The summed E-state index contributed by atoms with van der Waals surface area (Å²) in [7, 11) is 0. The van der Waals surface area contributed by atoms with E-state index in [4.69, 9.17) is 29.1 Å². The zero-order valence-electron chi connectivity index (χ0n) is 10.8. The van der Waals surface area contributed by atoms with Gasteiger partial charge in [0.1, 0.15) is 0 Å². The molecule has 4 nitrogen and oxygen atoms in total. The topological polar surface area (TPSA) is 64.9 Å². The molecule has 0 heterocycles. The van der Waals surface area contributed by atoms with Crippen LogP contribution < -0.4 is 10.6 Å². The van der Waals surface area contributed by atoms with Crippen LogP contribution in [0, 0.1) is 11.3 Å². The molecule has 0 spiro atoms. The van der Waals surface area contributed by atoms with Gasteiger partial charge in [-0.2, -0.15) is 5.26 Å². The second-order valence-electron chi connectivity index (χ2n) is 4.08. The Kier molecular flexibility index (Phi) is 4.88. The van der Waals surface area contributed by atoms with Gasteiger partial charge in [0.15, 0.2) is 5.11 Å². The van der Waals surface area contributed by atoms with Gasteiger partial charge in [-0.05, 0) is 48.6 Å². The summed E-state index contributed by atoms with van der Waals surface area (Å²) < 4.78 is 0. The van der Waals surface area contributed by atoms with E-state index in [1.54, 1.807) is 48.5 Å². The van der Waals surface area contributed by atoms with E-state index in [-0.39, 0.29) is 11.0 Å². The first kappa shape index (κ1) is 15.0. The summed E-state index contributed by atoms with van der Waals surface area (Å²) in [6, 6.07) is 15.4. The van der Waals surface area contributed by atoms with Crippen molar-refractivity contribution in [2.45, 2.75) is 0 Å². The summed E-state index contributed by atoms with van der Waals surface area (Å²) in [6.45, 7) is 0. The van der Waals surface area contributed by atoms with Crippen LogP contribution >= 0.6 is 23.8 Å². The molecule has 2 aromatic rings. The number of anilines is 1. The standard InChI is InChI=1S/C15H10ClN3OS/c16-13-4-2-1-3-12(13)14(20)19-15(21)18-11-7-5-10(9-17)6-8-11/h1-8H,(H2,18,19,20,21). The Morgan fingerprint density at radius 1 is 1.14 bits per heavy atom. The van der Waals surface area contributed by atoms with Crippen molar-refractivity contribution in [3.63, 3.8) is 0 Å². The van der Waals surface area contributed by atoms with Crippen LogP contribution in [-0.4, -0.2) is 11.0 Å². The molecule has 104 valence electrons. The highest BCUT2D eigenvalue weighted by molar-refractivity contribution is 7.80. The van der Waals surface area contributed by atoms with Gasteiger partial charge in [0.2, 0.25) is 0 Å². The quantitative estimate of drug-likeness (QED) is 0.834. The highest BCUT2D eigenvalue weighted by Gasteiger charge is 2.11. The number of hydrogen-bond acceptors (Lipinski definition) is 3. The number of carbonyl (C=O) groups is 1. The van der Waals surface area contributed by atoms with Crippen molar-refractivity contribution in [3.8, 4) is 6.07 Å². The highest BCUT2D eigenvalue weighted by Crippen LogP contribution is 2.14. The van der Waals surface area contributed by atoms with Crippen LogP contribution in [0.4, 0.5) is 5.69 Å². The Bertz CT molecular complexity index is 722. The van der Waals surface area contributed by atoms with Crippen molar-refractivity contribution in [3.05, 3.63) is 64.7 Å². The summed E-state index contributed by atoms with van der Waals surface area (Å²) in [5, 5.41) is 14.6. The van der Waals surface area contributed by atoms with Crippen LogP contribution in [0.5, 0.6) is 0 Å². The molecule has 0 fully saturated rings. The first-order chi connectivity index (χ1) is 10.1. The lowest BCUT2D eigenvalue weighted by Crippen LogP contribution is -2.34. The van der Waals surface area contributed by atoms with Gasteiger partial charge < -0.3 is 5.32 Å². The summed E-state index contributed by atoms with van der Waals surface area (Å²) in [4.78, 5) is 12.0. The van der Waals surface area contributed by atoms with Crippen LogP contribution in [-0.2, 0) is 0 Å². The van der Waals surface area contributed by atoms with Crippen molar-refractivity contribution in [1.82, 2.24) is 5.32 Å². The fourth-order valence-electron chi connectivity index (χ4n) is 1.61. The average Bonchev–Trinajstić information content (AvgIpc) is 2.48. The summed E-state index contributed by atoms with van der Waals surface area (Å²) in [5.74, 6) is -0.383. The maximum atomic E-state index is 12.0. The smallest absolute Gasteiger partial charge is 0.258 e. The van der Waals surface area contributed by atoms with Crippen LogP contribution in [0.25, 0.3) is 0 Å². The lowest BCUT2D eigenvalue weighted by Gasteiger charge is -2.10. The SMILES string of the molecule is N#Cc1ccc(NC(=S)NC(=O)c2ccccc2Cl)cc1. The molecule has 0 aliphatic carbocycles. The molecular weight excluding hydrogens is 306 g/mol. The Labute approximate surface area is 132 Å². The fraction of sp³-hybridized carbons (Fsp3) is 0. The number of carbonyl (C=O) groups excluding carboxylic acids is 1. The molecule has 0 aliphatic heterocycles. The van der Waals surface area contributed by atoms with E-state index >= 15 is 0 Å². The molecule has 2 aromatic carbocycles. The minimum absolute atomic E-state index is 0.157. The number of benzene rings is 2. The van der Waals surface area contributed by atoms with Crippen molar-refractivity contribution >= 4 is 40.5 Å². The molecule has 2 rings (SSSR count). The van der Waals surface area contributed by atoms with Crippen molar-refractivity contribution in [2.75, 3.05) is 5.32 Å². The molecule has 21 heavy (non-hydrogen) atoms. The summed E-state index contributed by atoms with van der Waals surface area (Å²) in [6.07, 6.45) is 0. The summed E-state index contributed by atoms with van der Waals surface area (Å²) >= 11 is 11.0. The monoisotopic (exact) mass is 315 g/mol. The lowest BCUT2D eigenvalue weighted by molar-refractivity contribution is 0.0978. The van der Waals surface area contributed by atoms with Crippen molar-refractivity contribution in [2.24, 2.45) is 0 Å². The van der Waals surface area contributed by atoms with Crippen LogP contribution in [0.1, 0.15) is 15.9 Å². The van der Waals surface area contributed by atoms with Crippen LogP contribution in [0.2, 0.25) is 5.02 Å². The summed E-state index contributed by atoms with van der Waals surface area (Å²) in [5.41, 5.74) is 1.58. The van der Waals surface area contributed by atoms with E-state index in [1.165, 1.54) is 0 Å². The van der Waals surface area contributed by atoms with Crippen molar-refractivity contribution < 1.29 is 4.79 Å². The largest absolute Gasteiger partial charge is 0.332 e. The number of halogens is 1. The van der Waals surface area contributed by atoms with E-state index in [0.29, 0.717) is 21.8 Å². The molecule has 0 radical (unpaired) electrons. The number of nitrogens with zero attached hydrogens (tertiary/aromatic N) is 1. The molecule has 0 saturated heterocycles. The zero-order chi connectivity index (χ0) is 15.2. The van der Waals surface area contributed by atoms with Gasteiger partial charge >= 0.3 is 0 Å². The minimum atomic E-state index is -0.383. The molecule has 0 unspecified atom stereocenters. The lowest BCUT2D eigenvalue weighted by atomic mass is 10.2. The van der Waals surface area contributed by atoms with E-state index in [1.807, 2.05) is 6.07 Å². The number of nitrogens with one attached hydrogen (secondary N) is 2. The number of amides is 1. The molecular formula is C15H10ClN3OS. The van der Waals surface area contributed by atoms with Gasteiger partial charge in [0.25, 0.3) is 5.91 Å². The number of hydrogen-bond donors (Lipinski definition) is 2. The average molecular weight is 316 g/mol. The number of nitriles is 1. The first-order valence-corrected chi connectivity index (χ1v) is 6.76. The van der Waals surface area contributed by atoms with E-state index in [0.717, 1.165) is 0 Å². The predicted molar refractivity (Wildman–Crippen MR) is 86.3 cm³/mol. The Morgan fingerprint density at radius 3 is 2.43 bits per heavy atom. The van der Waals surface area contributed by atoms with Gasteiger partial charge in [-0.15, -0.1) is 0 Å². The number of thiocarbonyl (C=S) groups is 1. The Morgan fingerprint density at radius 2 is 1.81 bits per heavy atom. The predicted octanol–water partition coefficient (Wildman–Crippen LogP) is 3.34. The van der Waals surface area contributed by atoms with E-state index < -0.39 is 0 Å². The van der Waals surface area contributed by atoms with Gasteiger partial charge in [-0.1, -0.05) is 23.7 Å². The highest BCUT2D eigenvalue weighted by atomic mass is 35.5. The molecule has 0 atom stereocenters. The molecule has 2 N–H and O–H groups in total. The van der Waals surface area contributed by atoms with Gasteiger partial charge in [0.05, 0.1) is 22.2 Å². The van der Waals surface area contributed by atoms with Gasteiger partial charge in [0, 0.05) is 5.69 Å². The number of rotatable bonds is 2.